The van der Waals surface area contributed by atoms with Crippen molar-refractivity contribution in [2.75, 3.05) is 0 Å². The van der Waals surface area contributed by atoms with Gasteiger partial charge in [-0.05, 0) is 11.6 Å². The molecule has 0 saturated carbocycles. The SMILES string of the molecule is FC(F)(F)OOC(F)(F)Cl. The lowest BCUT2D eigenvalue weighted by molar-refractivity contribution is -0.531. The van der Waals surface area contributed by atoms with Crippen molar-refractivity contribution in [1.29, 1.82) is 0 Å². The summed E-state index contributed by atoms with van der Waals surface area (Å²) in [5, 5.41) is 0. The maximum atomic E-state index is 11.2. The molecule has 0 aromatic heterocycles. The summed E-state index contributed by atoms with van der Waals surface area (Å²) in [5.74, 6) is 0. The molecule has 0 fully saturated rings. The molecule has 62 valence electrons. The zero-order valence-electron chi connectivity index (χ0n) is 4.08. The van der Waals surface area contributed by atoms with Gasteiger partial charge in [0.15, 0.2) is 0 Å². The second-order valence-corrected chi connectivity index (χ2v) is 1.50. The highest BCUT2D eigenvalue weighted by atomic mass is 35.5. The zero-order valence-corrected chi connectivity index (χ0v) is 4.84. The molecule has 0 aromatic rings. The van der Waals surface area contributed by atoms with Crippen molar-refractivity contribution >= 4 is 11.6 Å². The third-order valence-corrected chi connectivity index (χ3v) is 0.294. The molecule has 0 aromatic carbocycles. The molecule has 0 heterocycles. The number of rotatable bonds is 2. The van der Waals surface area contributed by atoms with E-state index in [0.29, 0.717) is 0 Å². The Morgan fingerprint density at radius 3 is 1.40 bits per heavy atom. The van der Waals surface area contributed by atoms with Crippen LogP contribution in [0.4, 0.5) is 22.0 Å². The van der Waals surface area contributed by atoms with Crippen LogP contribution in [0.2, 0.25) is 0 Å². The Morgan fingerprint density at radius 1 is 0.900 bits per heavy atom. The molecule has 10 heavy (non-hydrogen) atoms. The van der Waals surface area contributed by atoms with Crippen molar-refractivity contribution in [2.24, 2.45) is 0 Å². The molecular weight excluding hydrogens is 186 g/mol. The van der Waals surface area contributed by atoms with E-state index in [-0.39, 0.29) is 0 Å². The van der Waals surface area contributed by atoms with Crippen LogP contribution in [0.15, 0.2) is 0 Å². The maximum Gasteiger partial charge on any atom is 0.549 e. The average Bonchev–Trinajstić information content (AvgIpc) is 1.57. The molecule has 0 aliphatic rings. The maximum absolute atomic E-state index is 11.2. The Balaban J connectivity index is 3.56. The molecule has 0 unspecified atom stereocenters. The van der Waals surface area contributed by atoms with Crippen LogP contribution in [0.3, 0.4) is 0 Å². The summed E-state index contributed by atoms with van der Waals surface area (Å²) in [7, 11) is 0. The van der Waals surface area contributed by atoms with Crippen LogP contribution in [-0.2, 0) is 9.78 Å². The van der Waals surface area contributed by atoms with E-state index in [1.54, 1.807) is 0 Å². The molecule has 8 heteroatoms. The summed E-state index contributed by atoms with van der Waals surface area (Å²) in [5.41, 5.74) is -4.46. The van der Waals surface area contributed by atoms with E-state index in [2.05, 4.69) is 21.4 Å². The zero-order chi connectivity index (χ0) is 8.41. The topological polar surface area (TPSA) is 18.5 Å². The van der Waals surface area contributed by atoms with Gasteiger partial charge < -0.3 is 0 Å². The molecule has 0 spiro atoms. The van der Waals surface area contributed by atoms with Crippen molar-refractivity contribution in [3.63, 3.8) is 0 Å². The van der Waals surface area contributed by atoms with E-state index < -0.39 is 11.9 Å². The first kappa shape index (κ1) is 9.86. The normalized spacial score (nSPS) is 13.8. The van der Waals surface area contributed by atoms with Crippen molar-refractivity contribution in [3.8, 4) is 0 Å². The smallest absolute Gasteiger partial charge is 0.158 e. The van der Waals surface area contributed by atoms with Crippen LogP contribution in [0.5, 0.6) is 0 Å². The molecule has 2 nitrogen and oxygen atoms in total. The van der Waals surface area contributed by atoms with Crippen molar-refractivity contribution in [2.45, 2.75) is 11.9 Å². The summed E-state index contributed by atoms with van der Waals surface area (Å²) in [6, 6.07) is 0. The van der Waals surface area contributed by atoms with Crippen LogP contribution < -0.4 is 0 Å². The molecule has 0 amide bonds. The Hall–Kier alpha value is -0.140. The van der Waals surface area contributed by atoms with Crippen molar-refractivity contribution in [1.82, 2.24) is 0 Å². The van der Waals surface area contributed by atoms with Gasteiger partial charge in [0, 0.05) is 0 Å². The number of halogens is 6. The quantitative estimate of drug-likeness (QED) is 0.285. The van der Waals surface area contributed by atoms with E-state index in [1.807, 2.05) is 0 Å². The summed E-state index contributed by atoms with van der Waals surface area (Å²) in [6.07, 6.45) is -5.28. The lowest BCUT2D eigenvalue weighted by atomic mass is 11.4. The van der Waals surface area contributed by atoms with E-state index in [4.69, 9.17) is 0 Å². The van der Waals surface area contributed by atoms with Gasteiger partial charge in [0.25, 0.3) is 0 Å². The molecule has 0 aliphatic heterocycles. The van der Waals surface area contributed by atoms with Gasteiger partial charge in [-0.1, -0.05) is 0 Å². The molecule has 0 bridgehead atoms. The van der Waals surface area contributed by atoms with E-state index in [0.717, 1.165) is 0 Å². The Labute approximate surface area is 56.4 Å². The number of hydrogen-bond donors (Lipinski definition) is 0. The van der Waals surface area contributed by atoms with Gasteiger partial charge in [0.05, 0.1) is 0 Å². The van der Waals surface area contributed by atoms with E-state index >= 15 is 0 Å². The van der Waals surface area contributed by atoms with Gasteiger partial charge in [0.1, 0.15) is 0 Å². The fraction of sp³-hybridized carbons (Fsp3) is 1.00. The highest BCUT2D eigenvalue weighted by Crippen LogP contribution is 2.25. The first-order valence-corrected chi connectivity index (χ1v) is 2.09. The molecule has 0 saturated heterocycles. The molecule has 0 aliphatic carbocycles. The molecular formula is C2ClF5O2. The van der Waals surface area contributed by atoms with Gasteiger partial charge in [-0.3, -0.25) is 0 Å². The third-order valence-electron chi connectivity index (χ3n) is 0.231. The summed E-state index contributed by atoms with van der Waals surface area (Å²) < 4.78 is 54.9. The van der Waals surface area contributed by atoms with Crippen LogP contribution in [0.1, 0.15) is 0 Å². The lowest BCUT2D eigenvalue weighted by Gasteiger charge is -2.08. The summed E-state index contributed by atoms with van der Waals surface area (Å²) in [4.78, 5) is 4.61. The second-order valence-electron chi connectivity index (χ2n) is 1.06. The fourth-order valence-electron chi connectivity index (χ4n) is 0.0945. The molecule has 0 radical (unpaired) electrons. The molecule has 0 rings (SSSR count). The lowest BCUT2D eigenvalue weighted by Crippen LogP contribution is -2.21. The first-order chi connectivity index (χ1) is 4.21. The number of hydrogen-bond acceptors (Lipinski definition) is 2. The third kappa shape index (κ3) is 7.86. The molecule has 0 atom stereocenters. The van der Waals surface area contributed by atoms with Crippen molar-refractivity contribution in [3.05, 3.63) is 0 Å². The number of alkyl halides is 6. The van der Waals surface area contributed by atoms with Crippen LogP contribution in [0, 0.1) is 0 Å². The minimum Gasteiger partial charge on any atom is -0.158 e. The van der Waals surface area contributed by atoms with Crippen LogP contribution in [0.25, 0.3) is 0 Å². The summed E-state index contributed by atoms with van der Waals surface area (Å²) >= 11 is 3.86. The largest absolute Gasteiger partial charge is 0.549 e. The average molecular weight is 186 g/mol. The minimum absolute atomic E-state index is 2.21. The Morgan fingerprint density at radius 2 is 1.30 bits per heavy atom. The highest BCUT2D eigenvalue weighted by Gasteiger charge is 2.38. The predicted octanol–water partition coefficient (Wildman–Crippen LogP) is 2.24. The van der Waals surface area contributed by atoms with Crippen molar-refractivity contribution < 1.29 is 31.7 Å². The van der Waals surface area contributed by atoms with Crippen LogP contribution >= 0.6 is 11.6 Å². The van der Waals surface area contributed by atoms with Gasteiger partial charge in [0.2, 0.25) is 0 Å². The van der Waals surface area contributed by atoms with E-state index in [1.165, 1.54) is 0 Å². The van der Waals surface area contributed by atoms with Gasteiger partial charge in [-0.25, -0.2) is 0 Å². The van der Waals surface area contributed by atoms with Crippen LogP contribution in [-0.4, -0.2) is 11.9 Å². The predicted molar refractivity (Wildman–Crippen MR) is 19.0 cm³/mol. The summed E-state index contributed by atoms with van der Waals surface area (Å²) in [6.45, 7) is 0. The standard InChI is InChI=1S/C2ClF5O2/c3-1(4,5)9-10-2(6,7)8. The Kier molecular flexibility index (Phi) is 2.81. The Bertz CT molecular complexity index is 91.2. The highest BCUT2D eigenvalue weighted by molar-refractivity contribution is 6.20. The van der Waals surface area contributed by atoms with E-state index in [9.17, 15) is 22.0 Å². The monoisotopic (exact) mass is 186 g/mol. The first-order valence-electron chi connectivity index (χ1n) is 1.71. The van der Waals surface area contributed by atoms with Gasteiger partial charge >= 0.3 is 11.9 Å². The van der Waals surface area contributed by atoms with Gasteiger partial charge in [-0.15, -0.1) is 22.9 Å². The second kappa shape index (κ2) is 2.85. The fourth-order valence-corrected chi connectivity index (χ4v) is 0.126. The minimum atomic E-state index is -5.28. The van der Waals surface area contributed by atoms with Gasteiger partial charge in [-0.2, -0.15) is 8.78 Å². The molecule has 0 N–H and O–H groups in total.